The van der Waals surface area contributed by atoms with Crippen molar-refractivity contribution in [1.29, 1.82) is 0 Å². The van der Waals surface area contributed by atoms with Crippen LogP contribution in [0.5, 0.6) is 0 Å². The number of anilines is 1. The number of amides is 2. The third kappa shape index (κ3) is 3.76. The van der Waals surface area contributed by atoms with Crippen molar-refractivity contribution < 1.29 is 9.59 Å². The highest BCUT2D eigenvalue weighted by atomic mass is 16.2. The number of aromatic nitrogens is 1. The number of hydrogen-bond donors (Lipinski definition) is 1. The van der Waals surface area contributed by atoms with Gasteiger partial charge in [0.15, 0.2) is 0 Å². The quantitative estimate of drug-likeness (QED) is 0.741. The molecular weight excluding hydrogens is 362 g/mol. The first kappa shape index (κ1) is 18.9. The van der Waals surface area contributed by atoms with Crippen LogP contribution in [0.2, 0.25) is 0 Å². The van der Waals surface area contributed by atoms with Crippen LogP contribution in [-0.2, 0) is 13.0 Å². The van der Waals surface area contributed by atoms with Crippen molar-refractivity contribution in [3.8, 4) is 0 Å². The van der Waals surface area contributed by atoms with E-state index in [1.807, 2.05) is 62.4 Å². The van der Waals surface area contributed by atoms with Crippen molar-refractivity contribution >= 4 is 17.5 Å². The van der Waals surface area contributed by atoms with E-state index in [9.17, 15) is 9.59 Å². The highest BCUT2D eigenvalue weighted by Gasteiger charge is 2.31. The van der Waals surface area contributed by atoms with Gasteiger partial charge in [-0.1, -0.05) is 42.5 Å². The monoisotopic (exact) mass is 385 g/mol. The molecule has 3 aromatic rings. The average Bonchev–Trinajstić information content (AvgIpc) is 3.08. The fourth-order valence-electron chi connectivity index (χ4n) is 3.78. The van der Waals surface area contributed by atoms with E-state index in [0.717, 1.165) is 28.8 Å². The number of benzene rings is 2. The summed E-state index contributed by atoms with van der Waals surface area (Å²) < 4.78 is 0. The van der Waals surface area contributed by atoms with Crippen LogP contribution in [0.3, 0.4) is 0 Å². The molecule has 1 atom stereocenters. The molecule has 0 aliphatic carbocycles. The van der Waals surface area contributed by atoms with Gasteiger partial charge in [0.2, 0.25) is 0 Å². The van der Waals surface area contributed by atoms with Crippen LogP contribution in [0.25, 0.3) is 0 Å². The number of rotatable bonds is 4. The fourth-order valence-corrected chi connectivity index (χ4v) is 3.78. The Balaban J connectivity index is 1.52. The number of fused-ring (bicyclic) bond motifs is 1. The summed E-state index contributed by atoms with van der Waals surface area (Å²) >= 11 is 0. The van der Waals surface area contributed by atoms with Crippen LogP contribution in [0.4, 0.5) is 5.69 Å². The van der Waals surface area contributed by atoms with Crippen LogP contribution in [0.15, 0.2) is 67.0 Å². The number of hydrogen-bond acceptors (Lipinski definition) is 3. The molecule has 146 valence electrons. The number of nitrogens with one attached hydrogen (secondary N) is 1. The Hall–Kier alpha value is -3.47. The second kappa shape index (κ2) is 7.87. The van der Waals surface area contributed by atoms with Crippen molar-refractivity contribution in [3.05, 3.63) is 94.8 Å². The molecule has 1 aliphatic heterocycles. The molecule has 29 heavy (non-hydrogen) atoms. The number of aryl methyl sites for hydroxylation is 1. The molecule has 0 fully saturated rings. The molecule has 0 saturated carbocycles. The minimum absolute atomic E-state index is 0.0680. The van der Waals surface area contributed by atoms with Gasteiger partial charge in [-0.05, 0) is 49.1 Å². The third-order valence-electron chi connectivity index (χ3n) is 5.37. The maximum absolute atomic E-state index is 13.2. The van der Waals surface area contributed by atoms with Gasteiger partial charge in [-0.15, -0.1) is 0 Å². The number of nitrogens with zero attached hydrogens (tertiary/aromatic N) is 2. The van der Waals surface area contributed by atoms with E-state index in [2.05, 4.69) is 10.3 Å². The normalized spacial score (nSPS) is 15.1. The van der Waals surface area contributed by atoms with E-state index in [4.69, 9.17) is 0 Å². The summed E-state index contributed by atoms with van der Waals surface area (Å²) in [5.74, 6) is -0.381. The van der Waals surface area contributed by atoms with Gasteiger partial charge in [0, 0.05) is 30.7 Å². The fraction of sp³-hybridized carbons (Fsp3) is 0.208. The minimum atomic E-state index is -0.245. The predicted octanol–water partition coefficient (Wildman–Crippen LogP) is 3.91. The smallest absolute Gasteiger partial charge is 0.260 e. The van der Waals surface area contributed by atoms with E-state index >= 15 is 0 Å². The summed E-state index contributed by atoms with van der Waals surface area (Å²) in [5.41, 5.74) is 5.06. The van der Waals surface area contributed by atoms with Crippen molar-refractivity contribution in [1.82, 2.24) is 10.3 Å². The molecule has 0 saturated heterocycles. The molecular formula is C24H23N3O2. The molecule has 2 heterocycles. The second-order valence-corrected chi connectivity index (χ2v) is 7.43. The highest BCUT2D eigenvalue weighted by molar-refractivity contribution is 6.08. The lowest BCUT2D eigenvalue weighted by Crippen LogP contribution is -2.36. The first-order chi connectivity index (χ1) is 14.0. The van der Waals surface area contributed by atoms with E-state index in [1.165, 1.54) is 12.4 Å². The molecule has 0 bridgehead atoms. The first-order valence-electron chi connectivity index (χ1n) is 9.74. The van der Waals surface area contributed by atoms with Gasteiger partial charge in [-0.25, -0.2) is 0 Å². The largest absolute Gasteiger partial charge is 0.348 e. The van der Waals surface area contributed by atoms with Gasteiger partial charge in [0.05, 0.1) is 11.1 Å². The van der Waals surface area contributed by atoms with Crippen molar-refractivity contribution in [2.24, 2.45) is 0 Å². The Morgan fingerprint density at radius 1 is 1.07 bits per heavy atom. The third-order valence-corrected chi connectivity index (χ3v) is 5.37. The number of carbonyl (C=O) groups excluding carboxylic acids is 2. The first-order valence-corrected chi connectivity index (χ1v) is 9.74. The Morgan fingerprint density at radius 3 is 2.62 bits per heavy atom. The van der Waals surface area contributed by atoms with E-state index in [-0.39, 0.29) is 17.9 Å². The topological polar surface area (TPSA) is 62.3 Å². The Morgan fingerprint density at radius 2 is 1.79 bits per heavy atom. The van der Waals surface area contributed by atoms with Crippen LogP contribution >= 0.6 is 0 Å². The summed E-state index contributed by atoms with van der Waals surface area (Å²) in [5, 5.41) is 2.91. The molecule has 5 nitrogen and oxygen atoms in total. The minimum Gasteiger partial charge on any atom is -0.348 e. The highest BCUT2D eigenvalue weighted by Crippen LogP contribution is 2.33. The lowest BCUT2D eigenvalue weighted by Gasteiger charge is -2.22. The molecule has 1 aliphatic rings. The van der Waals surface area contributed by atoms with Crippen molar-refractivity contribution in [2.75, 3.05) is 4.90 Å². The Kier molecular flexibility index (Phi) is 5.12. The van der Waals surface area contributed by atoms with Crippen LogP contribution in [0.1, 0.15) is 44.3 Å². The SMILES string of the molecule is Cc1ccccc1CNC(=O)c1cncc(C(=O)N2c3ccccc3CC2C)c1. The molecule has 2 aromatic carbocycles. The van der Waals surface area contributed by atoms with E-state index in [0.29, 0.717) is 17.7 Å². The standard InChI is InChI=1S/C24H23N3O2/c1-16-7-3-4-9-19(16)15-26-23(28)20-12-21(14-25-13-20)24(29)27-17(2)11-18-8-5-6-10-22(18)27/h3-10,12-14,17H,11,15H2,1-2H3,(H,26,28). The zero-order valence-corrected chi connectivity index (χ0v) is 16.6. The summed E-state index contributed by atoms with van der Waals surface area (Å²) in [7, 11) is 0. The van der Waals surface area contributed by atoms with Gasteiger partial charge in [-0.2, -0.15) is 0 Å². The van der Waals surface area contributed by atoms with E-state index < -0.39 is 0 Å². The molecule has 1 unspecified atom stereocenters. The molecule has 2 amide bonds. The molecule has 0 spiro atoms. The zero-order chi connectivity index (χ0) is 20.4. The maximum atomic E-state index is 13.2. The lowest BCUT2D eigenvalue weighted by atomic mass is 10.1. The van der Waals surface area contributed by atoms with E-state index in [1.54, 1.807) is 11.0 Å². The second-order valence-electron chi connectivity index (χ2n) is 7.43. The molecule has 4 rings (SSSR count). The van der Waals surface area contributed by atoms with Crippen LogP contribution in [0, 0.1) is 6.92 Å². The van der Waals surface area contributed by atoms with Gasteiger partial charge < -0.3 is 10.2 Å². The van der Waals surface area contributed by atoms with Crippen LogP contribution in [-0.4, -0.2) is 22.8 Å². The summed E-state index contributed by atoms with van der Waals surface area (Å²) in [6.07, 6.45) is 3.84. The van der Waals surface area contributed by atoms with Crippen LogP contribution < -0.4 is 10.2 Å². The summed E-state index contributed by atoms with van der Waals surface area (Å²) in [6, 6.07) is 17.5. The Bertz CT molecular complexity index is 1080. The summed E-state index contributed by atoms with van der Waals surface area (Å²) in [6.45, 7) is 4.47. The van der Waals surface area contributed by atoms with Crippen molar-refractivity contribution in [3.63, 3.8) is 0 Å². The number of pyridine rings is 1. The molecule has 1 aromatic heterocycles. The average molecular weight is 385 g/mol. The molecule has 0 radical (unpaired) electrons. The Labute approximate surface area is 170 Å². The zero-order valence-electron chi connectivity index (χ0n) is 16.6. The molecule has 5 heteroatoms. The van der Waals surface area contributed by atoms with Gasteiger partial charge in [0.25, 0.3) is 11.8 Å². The van der Waals surface area contributed by atoms with Gasteiger partial charge in [0.1, 0.15) is 0 Å². The maximum Gasteiger partial charge on any atom is 0.260 e. The van der Waals surface area contributed by atoms with Gasteiger partial charge in [-0.3, -0.25) is 14.6 Å². The van der Waals surface area contributed by atoms with Gasteiger partial charge >= 0.3 is 0 Å². The lowest BCUT2D eigenvalue weighted by molar-refractivity contribution is 0.0950. The number of para-hydroxylation sites is 1. The molecule has 1 N–H and O–H groups in total. The number of carbonyl (C=O) groups is 2. The van der Waals surface area contributed by atoms with Crippen molar-refractivity contribution in [2.45, 2.75) is 32.9 Å². The predicted molar refractivity (Wildman–Crippen MR) is 113 cm³/mol. The summed E-state index contributed by atoms with van der Waals surface area (Å²) in [4.78, 5) is 31.7.